The molecule has 0 aliphatic carbocycles. The number of unbranched alkanes of at least 4 members (excludes halogenated alkanes) is 6. The summed E-state index contributed by atoms with van der Waals surface area (Å²) in [6.07, 6.45) is 9.08. The average Bonchev–Trinajstić information content (AvgIpc) is 2.67. The number of nitrogens with zero attached hydrogens (tertiary/aromatic N) is 3. The van der Waals surface area contributed by atoms with Crippen LogP contribution in [0.4, 0.5) is 10.1 Å². The molecule has 1 fully saturated rings. The number of anilines is 1. The van der Waals surface area contributed by atoms with E-state index in [2.05, 4.69) is 6.92 Å². The lowest BCUT2D eigenvalue weighted by atomic mass is 10.1. The van der Waals surface area contributed by atoms with E-state index in [0.29, 0.717) is 38.3 Å². The molecule has 0 saturated carbocycles. The third-order valence-corrected chi connectivity index (χ3v) is 5.07. The van der Waals surface area contributed by atoms with Crippen molar-refractivity contribution < 1.29 is 9.18 Å². The largest absolute Gasteiger partial charge is 0.367 e. The van der Waals surface area contributed by atoms with Crippen molar-refractivity contribution in [2.24, 2.45) is 0 Å². The summed E-state index contributed by atoms with van der Waals surface area (Å²) < 4.78 is 13.8. The molecule has 1 aliphatic rings. The standard InChI is InChI=1S/C21H30FN3O/c1-2-3-4-5-6-7-8-12-21(26)25-15-13-24(14-16-25)20-11-9-10-19(22)18(20)17-23/h9-11H,2-8,12-16H2,1H3. The van der Waals surface area contributed by atoms with E-state index in [1.807, 2.05) is 15.9 Å². The van der Waals surface area contributed by atoms with E-state index in [-0.39, 0.29) is 11.5 Å². The Balaban J connectivity index is 1.72. The zero-order valence-electron chi connectivity index (χ0n) is 15.8. The summed E-state index contributed by atoms with van der Waals surface area (Å²) in [4.78, 5) is 16.2. The number of halogens is 1. The average molecular weight is 359 g/mol. The number of carbonyl (C=O) groups excluding carboxylic acids is 1. The molecular weight excluding hydrogens is 329 g/mol. The van der Waals surface area contributed by atoms with Gasteiger partial charge in [-0.1, -0.05) is 51.5 Å². The smallest absolute Gasteiger partial charge is 0.222 e. The van der Waals surface area contributed by atoms with Crippen LogP contribution in [0.3, 0.4) is 0 Å². The lowest BCUT2D eigenvalue weighted by molar-refractivity contribution is -0.131. The molecule has 1 aromatic carbocycles. The highest BCUT2D eigenvalue weighted by atomic mass is 19.1. The molecule has 0 spiro atoms. The summed E-state index contributed by atoms with van der Waals surface area (Å²) in [7, 11) is 0. The Hall–Kier alpha value is -2.09. The van der Waals surface area contributed by atoms with Crippen LogP contribution < -0.4 is 4.90 Å². The topological polar surface area (TPSA) is 47.3 Å². The molecule has 5 heteroatoms. The molecule has 1 aromatic rings. The van der Waals surface area contributed by atoms with Crippen LogP contribution in [-0.4, -0.2) is 37.0 Å². The van der Waals surface area contributed by atoms with Gasteiger partial charge < -0.3 is 9.80 Å². The molecule has 4 nitrogen and oxygen atoms in total. The summed E-state index contributed by atoms with van der Waals surface area (Å²) in [6, 6.07) is 6.66. The number of piperazine rings is 1. The van der Waals surface area contributed by atoms with Crippen molar-refractivity contribution in [2.45, 2.75) is 58.3 Å². The van der Waals surface area contributed by atoms with E-state index < -0.39 is 5.82 Å². The summed E-state index contributed by atoms with van der Waals surface area (Å²) in [5, 5.41) is 9.18. The SMILES string of the molecule is CCCCCCCCCC(=O)N1CCN(c2cccc(F)c2C#N)CC1. The van der Waals surface area contributed by atoms with Crippen molar-refractivity contribution in [1.29, 1.82) is 5.26 Å². The van der Waals surface area contributed by atoms with Crippen LogP contribution >= 0.6 is 0 Å². The molecule has 0 unspecified atom stereocenters. The van der Waals surface area contributed by atoms with Crippen LogP contribution in [-0.2, 0) is 4.79 Å². The van der Waals surface area contributed by atoms with Gasteiger partial charge in [-0.05, 0) is 18.6 Å². The minimum atomic E-state index is -0.484. The van der Waals surface area contributed by atoms with Crippen LogP contribution in [0.2, 0.25) is 0 Å². The molecule has 0 bridgehead atoms. The Labute approximate surface area is 156 Å². The van der Waals surface area contributed by atoms with E-state index in [9.17, 15) is 14.4 Å². The van der Waals surface area contributed by atoms with E-state index >= 15 is 0 Å². The van der Waals surface area contributed by atoms with Gasteiger partial charge >= 0.3 is 0 Å². The van der Waals surface area contributed by atoms with Gasteiger partial charge in [-0.2, -0.15) is 5.26 Å². The molecule has 142 valence electrons. The quantitative estimate of drug-likeness (QED) is 0.611. The summed E-state index contributed by atoms with van der Waals surface area (Å²) in [5.41, 5.74) is 0.724. The third-order valence-electron chi connectivity index (χ3n) is 5.07. The van der Waals surface area contributed by atoms with Crippen LogP contribution in [0.15, 0.2) is 18.2 Å². The molecule has 1 heterocycles. The molecule has 2 rings (SSSR count). The van der Waals surface area contributed by atoms with Crippen molar-refractivity contribution in [3.05, 3.63) is 29.6 Å². The summed E-state index contributed by atoms with van der Waals surface area (Å²) in [6.45, 7) is 4.77. The summed E-state index contributed by atoms with van der Waals surface area (Å²) >= 11 is 0. The predicted octanol–water partition coefficient (Wildman–Crippen LogP) is 4.49. The number of hydrogen-bond acceptors (Lipinski definition) is 3. The van der Waals surface area contributed by atoms with Gasteiger partial charge in [-0.15, -0.1) is 0 Å². The van der Waals surface area contributed by atoms with E-state index in [1.54, 1.807) is 12.1 Å². The van der Waals surface area contributed by atoms with Gasteiger partial charge in [0.15, 0.2) is 0 Å². The highest BCUT2D eigenvalue weighted by Crippen LogP contribution is 2.24. The second-order valence-electron chi connectivity index (χ2n) is 6.98. The van der Waals surface area contributed by atoms with Crippen LogP contribution in [0.1, 0.15) is 63.9 Å². The maximum absolute atomic E-state index is 13.8. The number of nitriles is 1. The molecule has 1 saturated heterocycles. The second-order valence-corrected chi connectivity index (χ2v) is 6.98. The van der Waals surface area contributed by atoms with Gasteiger partial charge in [0, 0.05) is 32.6 Å². The number of carbonyl (C=O) groups is 1. The first-order valence-electron chi connectivity index (χ1n) is 9.88. The first-order chi connectivity index (χ1) is 12.7. The fraction of sp³-hybridized carbons (Fsp3) is 0.619. The maximum atomic E-state index is 13.8. The molecule has 26 heavy (non-hydrogen) atoms. The number of benzene rings is 1. The maximum Gasteiger partial charge on any atom is 0.222 e. The minimum absolute atomic E-state index is 0.0929. The first-order valence-corrected chi connectivity index (χ1v) is 9.88. The van der Waals surface area contributed by atoms with Gasteiger partial charge in [-0.25, -0.2) is 4.39 Å². The molecular formula is C21H30FN3O. The van der Waals surface area contributed by atoms with Gasteiger partial charge in [0.25, 0.3) is 0 Å². The molecule has 1 aliphatic heterocycles. The number of amides is 1. The minimum Gasteiger partial charge on any atom is -0.367 e. The Morgan fingerprint density at radius 2 is 1.73 bits per heavy atom. The second kappa shape index (κ2) is 10.8. The fourth-order valence-electron chi connectivity index (χ4n) is 3.48. The van der Waals surface area contributed by atoms with E-state index in [1.165, 1.54) is 38.2 Å². The van der Waals surface area contributed by atoms with Crippen LogP contribution in [0.5, 0.6) is 0 Å². The van der Waals surface area contributed by atoms with Crippen LogP contribution in [0, 0.1) is 17.1 Å². The Kier molecular flexibility index (Phi) is 8.40. The molecule has 1 amide bonds. The van der Waals surface area contributed by atoms with Crippen LogP contribution in [0.25, 0.3) is 0 Å². The van der Waals surface area contributed by atoms with Crippen molar-refractivity contribution in [2.75, 3.05) is 31.1 Å². The fourth-order valence-corrected chi connectivity index (χ4v) is 3.48. The Morgan fingerprint density at radius 1 is 1.08 bits per heavy atom. The number of rotatable bonds is 9. The zero-order valence-corrected chi connectivity index (χ0v) is 15.8. The van der Waals surface area contributed by atoms with Crippen molar-refractivity contribution in [3.63, 3.8) is 0 Å². The van der Waals surface area contributed by atoms with Crippen molar-refractivity contribution in [1.82, 2.24) is 4.90 Å². The van der Waals surface area contributed by atoms with E-state index in [0.717, 1.165) is 12.8 Å². The molecule has 0 aromatic heterocycles. The van der Waals surface area contributed by atoms with Gasteiger partial charge in [0.2, 0.25) is 5.91 Å². The number of hydrogen-bond donors (Lipinski definition) is 0. The Bertz CT molecular complexity index is 618. The normalized spacial score (nSPS) is 14.3. The molecule has 0 N–H and O–H groups in total. The molecule has 0 atom stereocenters. The highest BCUT2D eigenvalue weighted by molar-refractivity contribution is 5.76. The van der Waals surface area contributed by atoms with Gasteiger partial charge in [0.05, 0.1) is 5.69 Å². The van der Waals surface area contributed by atoms with E-state index in [4.69, 9.17) is 0 Å². The van der Waals surface area contributed by atoms with Crippen molar-refractivity contribution in [3.8, 4) is 6.07 Å². The lowest BCUT2D eigenvalue weighted by Crippen LogP contribution is -2.49. The lowest BCUT2D eigenvalue weighted by Gasteiger charge is -2.36. The summed E-state index contributed by atoms with van der Waals surface area (Å²) in [5.74, 6) is -0.264. The predicted molar refractivity (Wildman–Crippen MR) is 103 cm³/mol. The highest BCUT2D eigenvalue weighted by Gasteiger charge is 2.23. The molecule has 0 radical (unpaired) electrons. The zero-order chi connectivity index (χ0) is 18.8. The van der Waals surface area contributed by atoms with Gasteiger partial charge in [-0.3, -0.25) is 4.79 Å². The third kappa shape index (κ3) is 5.72. The Morgan fingerprint density at radius 3 is 2.38 bits per heavy atom. The first kappa shape index (κ1) is 20.2. The monoisotopic (exact) mass is 359 g/mol. The van der Waals surface area contributed by atoms with Gasteiger partial charge in [0.1, 0.15) is 17.4 Å². The van der Waals surface area contributed by atoms with Crippen molar-refractivity contribution >= 4 is 11.6 Å².